The maximum atomic E-state index is 13.5. The first kappa shape index (κ1) is 19.8. The summed E-state index contributed by atoms with van der Waals surface area (Å²) < 4.78 is 0. The molecule has 1 atom stereocenters. The summed E-state index contributed by atoms with van der Waals surface area (Å²) in [7, 11) is 0. The van der Waals surface area contributed by atoms with E-state index < -0.39 is 4.92 Å². The van der Waals surface area contributed by atoms with Gasteiger partial charge in [-0.3, -0.25) is 14.9 Å². The van der Waals surface area contributed by atoms with E-state index in [1.165, 1.54) is 6.07 Å². The molecule has 0 saturated carbocycles. The lowest BCUT2D eigenvalue weighted by molar-refractivity contribution is -0.384. The Labute approximate surface area is 184 Å². The Bertz CT molecular complexity index is 1340. The highest BCUT2D eigenvalue weighted by atomic mass is 16.6. The number of anilines is 2. The summed E-state index contributed by atoms with van der Waals surface area (Å²) in [4.78, 5) is 29.8. The van der Waals surface area contributed by atoms with E-state index >= 15 is 0 Å². The highest BCUT2D eigenvalue weighted by Gasteiger charge is 2.26. The minimum atomic E-state index is -0.423. The van der Waals surface area contributed by atoms with Crippen molar-refractivity contribution < 1.29 is 9.72 Å². The second-order valence-corrected chi connectivity index (χ2v) is 8.08. The zero-order chi connectivity index (χ0) is 22.2. The van der Waals surface area contributed by atoms with Gasteiger partial charge in [0, 0.05) is 35.9 Å². The van der Waals surface area contributed by atoms with Crippen molar-refractivity contribution in [2.24, 2.45) is 0 Å². The largest absolute Gasteiger partial charge is 0.381 e. The summed E-state index contributed by atoms with van der Waals surface area (Å²) in [6.45, 7) is 2.61. The van der Waals surface area contributed by atoms with Crippen LogP contribution in [0.25, 0.3) is 22.0 Å². The predicted molar refractivity (Wildman–Crippen MR) is 126 cm³/mol. The van der Waals surface area contributed by atoms with Gasteiger partial charge in [-0.25, -0.2) is 0 Å². The number of aromatic amines is 1. The monoisotopic (exact) mass is 426 g/mol. The molecule has 0 bridgehead atoms. The molecule has 1 aliphatic heterocycles. The van der Waals surface area contributed by atoms with Crippen LogP contribution in [0, 0.1) is 10.1 Å². The lowest BCUT2D eigenvalue weighted by Crippen LogP contribution is -2.32. The molecule has 1 aliphatic rings. The van der Waals surface area contributed by atoms with Gasteiger partial charge in [0.15, 0.2) is 0 Å². The number of aromatic nitrogens is 1. The molecule has 3 aromatic carbocycles. The number of H-pyrrole nitrogens is 1. The Kier molecular flexibility index (Phi) is 4.86. The average molecular weight is 426 g/mol. The molecule has 0 spiro atoms. The van der Waals surface area contributed by atoms with Crippen molar-refractivity contribution in [2.45, 2.75) is 19.4 Å². The fraction of sp³-hybridized carbons (Fsp3) is 0.160. The lowest BCUT2D eigenvalue weighted by atomic mass is 9.99. The first-order chi connectivity index (χ1) is 15.5. The third-order valence-electron chi connectivity index (χ3n) is 5.93. The van der Waals surface area contributed by atoms with Gasteiger partial charge >= 0.3 is 0 Å². The van der Waals surface area contributed by atoms with Crippen LogP contribution in [0.4, 0.5) is 17.1 Å². The minimum absolute atomic E-state index is 0.0830. The van der Waals surface area contributed by atoms with Crippen LogP contribution in [0.5, 0.6) is 0 Å². The molecular formula is C25H22N4O3. The molecule has 0 saturated heterocycles. The van der Waals surface area contributed by atoms with E-state index in [4.69, 9.17) is 0 Å². The number of carbonyl (C=O) groups is 1. The molecule has 1 aromatic heterocycles. The van der Waals surface area contributed by atoms with E-state index in [0.717, 1.165) is 34.3 Å². The highest BCUT2D eigenvalue weighted by molar-refractivity contribution is 6.08. The van der Waals surface area contributed by atoms with E-state index in [1.807, 2.05) is 54.7 Å². The second kappa shape index (κ2) is 7.85. The van der Waals surface area contributed by atoms with Crippen molar-refractivity contribution in [3.63, 3.8) is 0 Å². The quantitative estimate of drug-likeness (QED) is 0.330. The SMILES string of the molecule is C[C@H]1CCN(C(=O)c2ccc(-c3ccc4[nH]ccc4c3)c([N+](=O)[O-])c2)c2ccccc2N1. The van der Waals surface area contributed by atoms with Crippen molar-refractivity contribution in [1.82, 2.24) is 4.98 Å². The zero-order valence-electron chi connectivity index (χ0n) is 17.5. The number of rotatable bonds is 3. The van der Waals surface area contributed by atoms with E-state index in [1.54, 1.807) is 17.0 Å². The van der Waals surface area contributed by atoms with Gasteiger partial charge < -0.3 is 15.2 Å². The van der Waals surface area contributed by atoms with Gasteiger partial charge in [-0.2, -0.15) is 0 Å². The molecule has 0 unspecified atom stereocenters. The minimum Gasteiger partial charge on any atom is -0.381 e. The van der Waals surface area contributed by atoms with E-state index in [2.05, 4.69) is 17.2 Å². The van der Waals surface area contributed by atoms with Gasteiger partial charge in [-0.05, 0) is 66.8 Å². The van der Waals surface area contributed by atoms with E-state index in [0.29, 0.717) is 17.7 Å². The third-order valence-corrected chi connectivity index (χ3v) is 5.93. The Hall–Kier alpha value is -4.13. The molecule has 7 heteroatoms. The van der Waals surface area contributed by atoms with E-state index in [9.17, 15) is 14.9 Å². The zero-order valence-corrected chi connectivity index (χ0v) is 17.5. The summed E-state index contributed by atoms with van der Waals surface area (Å²) in [5.74, 6) is -0.246. The summed E-state index contributed by atoms with van der Waals surface area (Å²) in [6, 6.07) is 20.2. The molecule has 2 heterocycles. The molecule has 1 amide bonds. The summed E-state index contributed by atoms with van der Waals surface area (Å²) in [5, 5.41) is 16.3. The van der Waals surface area contributed by atoms with Gasteiger partial charge in [0.2, 0.25) is 0 Å². The number of nitro benzene ring substituents is 1. The fourth-order valence-corrected chi connectivity index (χ4v) is 4.26. The maximum Gasteiger partial charge on any atom is 0.277 e. The fourth-order valence-electron chi connectivity index (χ4n) is 4.26. The van der Waals surface area contributed by atoms with Crippen molar-refractivity contribution in [2.75, 3.05) is 16.8 Å². The number of fused-ring (bicyclic) bond motifs is 2. The van der Waals surface area contributed by atoms with Crippen LogP contribution < -0.4 is 10.2 Å². The molecular weight excluding hydrogens is 404 g/mol. The van der Waals surface area contributed by atoms with Crippen molar-refractivity contribution in [3.05, 3.63) is 88.6 Å². The number of nitro groups is 1. The number of amides is 1. The van der Waals surface area contributed by atoms with Crippen LogP contribution in [-0.4, -0.2) is 28.4 Å². The van der Waals surface area contributed by atoms with Crippen molar-refractivity contribution in [1.29, 1.82) is 0 Å². The van der Waals surface area contributed by atoms with Gasteiger partial charge in [-0.15, -0.1) is 0 Å². The molecule has 7 nitrogen and oxygen atoms in total. The maximum absolute atomic E-state index is 13.5. The van der Waals surface area contributed by atoms with Crippen LogP contribution >= 0.6 is 0 Å². The Morgan fingerprint density at radius 2 is 1.94 bits per heavy atom. The molecule has 160 valence electrons. The number of nitrogens with zero attached hydrogens (tertiary/aromatic N) is 2. The number of benzene rings is 3. The van der Waals surface area contributed by atoms with Crippen LogP contribution in [0.1, 0.15) is 23.7 Å². The smallest absolute Gasteiger partial charge is 0.277 e. The first-order valence-corrected chi connectivity index (χ1v) is 10.5. The third kappa shape index (κ3) is 3.47. The lowest BCUT2D eigenvalue weighted by Gasteiger charge is -2.22. The normalized spacial score (nSPS) is 15.7. The molecule has 4 aromatic rings. The molecule has 2 N–H and O–H groups in total. The van der Waals surface area contributed by atoms with Crippen LogP contribution in [0.15, 0.2) is 72.9 Å². The molecule has 0 aliphatic carbocycles. The molecule has 5 rings (SSSR count). The van der Waals surface area contributed by atoms with Crippen molar-refractivity contribution in [3.8, 4) is 11.1 Å². The number of hydrogen-bond donors (Lipinski definition) is 2. The Morgan fingerprint density at radius 3 is 2.78 bits per heavy atom. The summed E-state index contributed by atoms with van der Waals surface area (Å²) >= 11 is 0. The van der Waals surface area contributed by atoms with Crippen LogP contribution in [0.2, 0.25) is 0 Å². The Morgan fingerprint density at radius 1 is 1.09 bits per heavy atom. The van der Waals surface area contributed by atoms with Crippen LogP contribution in [-0.2, 0) is 0 Å². The first-order valence-electron chi connectivity index (χ1n) is 10.5. The highest BCUT2D eigenvalue weighted by Crippen LogP contribution is 2.35. The van der Waals surface area contributed by atoms with Gasteiger partial charge in [0.1, 0.15) is 0 Å². The number of para-hydroxylation sites is 2. The van der Waals surface area contributed by atoms with E-state index in [-0.39, 0.29) is 17.6 Å². The van der Waals surface area contributed by atoms with Gasteiger partial charge in [0.05, 0.1) is 21.9 Å². The number of carbonyl (C=O) groups excluding carboxylic acids is 1. The predicted octanol–water partition coefficient (Wildman–Crippen LogP) is 5.59. The van der Waals surface area contributed by atoms with Crippen molar-refractivity contribution >= 4 is 33.9 Å². The number of hydrogen-bond acceptors (Lipinski definition) is 4. The average Bonchev–Trinajstić information content (AvgIpc) is 3.20. The molecule has 0 fully saturated rings. The van der Waals surface area contributed by atoms with Gasteiger partial charge in [0.25, 0.3) is 11.6 Å². The standard InChI is InChI=1S/C25H22N4O3/c1-16-11-13-28(23-5-3-2-4-22(23)27-16)25(30)19-6-8-20(24(15-19)29(31)32)17-7-9-21-18(14-17)10-12-26-21/h2-10,12,14-16,26-27H,11,13H2,1H3/t16-/m0/s1. The molecule has 32 heavy (non-hydrogen) atoms. The summed E-state index contributed by atoms with van der Waals surface area (Å²) in [6.07, 6.45) is 2.61. The topological polar surface area (TPSA) is 91.3 Å². The van der Waals surface area contributed by atoms with Gasteiger partial charge in [-0.1, -0.05) is 18.2 Å². The summed E-state index contributed by atoms with van der Waals surface area (Å²) in [5.41, 5.74) is 4.07. The Balaban J connectivity index is 1.55. The van der Waals surface area contributed by atoms with Crippen LogP contribution in [0.3, 0.4) is 0 Å². The molecule has 0 radical (unpaired) electrons. The number of nitrogens with one attached hydrogen (secondary N) is 2. The second-order valence-electron chi connectivity index (χ2n) is 8.08.